The van der Waals surface area contributed by atoms with Gasteiger partial charge >= 0.3 is 0 Å². The fraction of sp³-hybridized carbons (Fsp3) is 0.312. The minimum atomic E-state index is -0.00563. The smallest absolute Gasteiger partial charge is 0.257 e. The monoisotopic (exact) mass is 283 g/mol. The molecule has 21 heavy (non-hydrogen) atoms. The third-order valence-electron chi connectivity index (χ3n) is 3.82. The number of hydrogen-bond acceptors (Lipinski definition) is 4. The maximum Gasteiger partial charge on any atom is 0.257 e. The summed E-state index contributed by atoms with van der Waals surface area (Å²) in [7, 11) is 1.65. The molecule has 5 nitrogen and oxygen atoms in total. The summed E-state index contributed by atoms with van der Waals surface area (Å²) in [4.78, 5) is 22.3. The van der Waals surface area contributed by atoms with Crippen LogP contribution in [0.15, 0.2) is 43.0 Å². The number of hydrogen-bond donors (Lipinski definition) is 0. The molecular formula is C16H17N3O2. The molecule has 1 aromatic carbocycles. The second kappa shape index (κ2) is 5.91. The Balaban J connectivity index is 1.83. The minimum Gasteiger partial charge on any atom is -0.497 e. The fourth-order valence-corrected chi connectivity index (χ4v) is 2.76. The number of likely N-dealkylation sites (tertiary alicyclic amines) is 1. The van der Waals surface area contributed by atoms with Crippen molar-refractivity contribution < 1.29 is 9.53 Å². The quantitative estimate of drug-likeness (QED) is 0.868. The Bertz CT molecular complexity index is 613. The van der Waals surface area contributed by atoms with E-state index in [-0.39, 0.29) is 11.9 Å². The largest absolute Gasteiger partial charge is 0.497 e. The van der Waals surface area contributed by atoms with E-state index in [0.717, 1.165) is 30.7 Å². The van der Waals surface area contributed by atoms with Gasteiger partial charge in [-0.3, -0.25) is 4.79 Å². The molecule has 0 spiro atoms. The fourth-order valence-electron chi connectivity index (χ4n) is 2.76. The molecule has 2 heterocycles. The number of carbonyl (C=O) groups is 1. The summed E-state index contributed by atoms with van der Waals surface area (Å²) in [5.41, 5.74) is 1.68. The van der Waals surface area contributed by atoms with Crippen molar-refractivity contribution in [3.63, 3.8) is 0 Å². The summed E-state index contributed by atoms with van der Waals surface area (Å²) in [6.07, 6.45) is 6.56. The van der Waals surface area contributed by atoms with Gasteiger partial charge in [0.25, 0.3) is 5.91 Å². The molecule has 1 aromatic heterocycles. The summed E-state index contributed by atoms with van der Waals surface area (Å²) >= 11 is 0. The normalized spacial score (nSPS) is 17.8. The van der Waals surface area contributed by atoms with Gasteiger partial charge in [0.2, 0.25) is 0 Å². The Labute approximate surface area is 123 Å². The van der Waals surface area contributed by atoms with Crippen LogP contribution in [0, 0.1) is 0 Å². The molecule has 1 amide bonds. The molecule has 2 aromatic rings. The molecule has 3 rings (SSSR count). The Kier molecular flexibility index (Phi) is 3.81. The third kappa shape index (κ3) is 2.72. The third-order valence-corrected chi connectivity index (χ3v) is 3.82. The molecule has 108 valence electrons. The molecule has 0 bridgehead atoms. The van der Waals surface area contributed by atoms with Crippen LogP contribution in [0.25, 0.3) is 0 Å². The summed E-state index contributed by atoms with van der Waals surface area (Å²) in [6.45, 7) is 0.768. The van der Waals surface area contributed by atoms with Crippen LogP contribution in [-0.4, -0.2) is 34.4 Å². The van der Waals surface area contributed by atoms with Gasteiger partial charge in [-0.25, -0.2) is 9.97 Å². The number of rotatable bonds is 3. The minimum absolute atomic E-state index is 0.00563. The Morgan fingerprint density at radius 3 is 2.62 bits per heavy atom. The van der Waals surface area contributed by atoms with Crippen molar-refractivity contribution in [2.45, 2.75) is 18.9 Å². The lowest BCUT2D eigenvalue weighted by atomic mass is 10.0. The maximum absolute atomic E-state index is 12.6. The van der Waals surface area contributed by atoms with Gasteiger partial charge in [-0.2, -0.15) is 0 Å². The molecule has 5 heteroatoms. The van der Waals surface area contributed by atoms with Crippen molar-refractivity contribution in [1.82, 2.24) is 14.9 Å². The lowest BCUT2D eigenvalue weighted by Gasteiger charge is -2.25. The van der Waals surface area contributed by atoms with Gasteiger partial charge < -0.3 is 9.64 Å². The Morgan fingerprint density at radius 2 is 1.95 bits per heavy atom. The molecule has 0 saturated carbocycles. The highest BCUT2D eigenvalue weighted by atomic mass is 16.5. The van der Waals surface area contributed by atoms with Crippen molar-refractivity contribution in [2.75, 3.05) is 13.7 Å². The van der Waals surface area contributed by atoms with Gasteiger partial charge in [-0.1, -0.05) is 12.1 Å². The van der Waals surface area contributed by atoms with Crippen molar-refractivity contribution in [3.8, 4) is 5.75 Å². The molecule has 0 N–H and O–H groups in total. The molecule has 1 fully saturated rings. The van der Waals surface area contributed by atoms with E-state index >= 15 is 0 Å². The summed E-state index contributed by atoms with van der Waals surface area (Å²) in [6, 6.07) is 8.03. The highest BCUT2D eigenvalue weighted by Gasteiger charge is 2.30. The van der Waals surface area contributed by atoms with Crippen LogP contribution in [0.5, 0.6) is 5.75 Å². The van der Waals surface area contributed by atoms with Crippen molar-refractivity contribution in [1.29, 1.82) is 0 Å². The van der Waals surface area contributed by atoms with E-state index in [1.165, 1.54) is 6.33 Å². The van der Waals surface area contributed by atoms with Crippen LogP contribution in [0.4, 0.5) is 0 Å². The van der Waals surface area contributed by atoms with E-state index < -0.39 is 0 Å². The van der Waals surface area contributed by atoms with Gasteiger partial charge in [0.05, 0.1) is 18.7 Å². The van der Waals surface area contributed by atoms with E-state index in [1.54, 1.807) is 19.5 Å². The first-order chi connectivity index (χ1) is 10.3. The predicted molar refractivity (Wildman–Crippen MR) is 78.0 cm³/mol. The number of amides is 1. The Morgan fingerprint density at radius 1 is 1.24 bits per heavy atom. The number of carbonyl (C=O) groups excluding carboxylic acids is 1. The van der Waals surface area contributed by atoms with Crippen molar-refractivity contribution in [3.05, 3.63) is 54.1 Å². The van der Waals surface area contributed by atoms with Crippen LogP contribution in [-0.2, 0) is 0 Å². The molecule has 0 aliphatic carbocycles. The lowest BCUT2D eigenvalue weighted by molar-refractivity contribution is 0.0734. The second-order valence-corrected chi connectivity index (χ2v) is 5.06. The van der Waals surface area contributed by atoms with E-state index in [0.29, 0.717) is 5.56 Å². The van der Waals surface area contributed by atoms with Crippen molar-refractivity contribution >= 4 is 5.91 Å². The molecule has 0 radical (unpaired) electrons. The maximum atomic E-state index is 12.6. The van der Waals surface area contributed by atoms with E-state index in [2.05, 4.69) is 9.97 Å². The molecule has 1 saturated heterocycles. The SMILES string of the molecule is COc1ccc(C2CCCN2C(=O)c2cncnc2)cc1. The average Bonchev–Trinajstić information content (AvgIpc) is 3.04. The number of nitrogens with zero attached hydrogens (tertiary/aromatic N) is 3. The van der Waals surface area contributed by atoms with Crippen LogP contribution in [0.1, 0.15) is 34.8 Å². The summed E-state index contributed by atoms with van der Waals surface area (Å²) in [5, 5.41) is 0. The van der Waals surface area contributed by atoms with E-state index in [4.69, 9.17) is 4.74 Å². The standard InChI is InChI=1S/C16H17N3O2/c1-21-14-6-4-12(5-7-14)15-3-2-8-19(15)16(20)13-9-17-11-18-10-13/h4-7,9-11,15H,2-3,8H2,1H3. The van der Waals surface area contributed by atoms with Gasteiger partial charge in [-0.15, -0.1) is 0 Å². The van der Waals surface area contributed by atoms with Crippen LogP contribution in [0.2, 0.25) is 0 Å². The second-order valence-electron chi connectivity index (χ2n) is 5.06. The molecule has 1 atom stereocenters. The first-order valence-corrected chi connectivity index (χ1v) is 6.99. The van der Waals surface area contributed by atoms with Gasteiger partial charge in [0.15, 0.2) is 0 Å². The highest BCUT2D eigenvalue weighted by Crippen LogP contribution is 2.33. The van der Waals surface area contributed by atoms with E-state index in [9.17, 15) is 4.79 Å². The number of aromatic nitrogens is 2. The first kappa shape index (κ1) is 13.5. The van der Waals surface area contributed by atoms with Gasteiger partial charge in [-0.05, 0) is 30.5 Å². The zero-order valence-electron chi connectivity index (χ0n) is 11.9. The summed E-state index contributed by atoms with van der Waals surface area (Å²) in [5.74, 6) is 0.819. The van der Waals surface area contributed by atoms with Crippen molar-refractivity contribution in [2.24, 2.45) is 0 Å². The molecular weight excluding hydrogens is 266 g/mol. The zero-order valence-corrected chi connectivity index (χ0v) is 11.9. The number of ether oxygens (including phenoxy) is 1. The summed E-state index contributed by atoms with van der Waals surface area (Å²) < 4.78 is 5.18. The van der Waals surface area contributed by atoms with Crippen LogP contribution >= 0.6 is 0 Å². The van der Waals surface area contributed by atoms with Gasteiger partial charge in [0, 0.05) is 18.9 Å². The zero-order chi connectivity index (χ0) is 14.7. The van der Waals surface area contributed by atoms with Gasteiger partial charge in [0.1, 0.15) is 12.1 Å². The number of methoxy groups -OCH3 is 1. The topological polar surface area (TPSA) is 55.3 Å². The average molecular weight is 283 g/mol. The van der Waals surface area contributed by atoms with Crippen LogP contribution in [0.3, 0.4) is 0 Å². The Hall–Kier alpha value is -2.43. The number of benzene rings is 1. The first-order valence-electron chi connectivity index (χ1n) is 6.99. The molecule has 1 aliphatic rings. The molecule has 1 aliphatic heterocycles. The predicted octanol–water partition coefficient (Wildman–Crippen LogP) is 2.46. The van der Waals surface area contributed by atoms with Crippen LogP contribution < -0.4 is 4.74 Å². The van der Waals surface area contributed by atoms with E-state index in [1.807, 2.05) is 29.2 Å². The highest BCUT2D eigenvalue weighted by molar-refractivity contribution is 5.94. The molecule has 1 unspecified atom stereocenters. The lowest BCUT2D eigenvalue weighted by Crippen LogP contribution is -2.30.